The van der Waals surface area contributed by atoms with Gasteiger partial charge in [0.25, 0.3) is 0 Å². The van der Waals surface area contributed by atoms with Crippen molar-refractivity contribution in [2.24, 2.45) is 5.73 Å². The standard InChI is InChI=1S/C16H28N2O/c1-3-5-6-7-8-9-12-19-14-10-11-16(18-13-14)15(17)4-2/h10-11,13,15H,3-9,12,17H2,1-2H3/t15-/m0/s1. The Bertz CT molecular complexity index is 324. The quantitative estimate of drug-likeness (QED) is 0.643. The minimum Gasteiger partial charge on any atom is -0.492 e. The first-order valence-electron chi connectivity index (χ1n) is 7.62. The van der Waals surface area contributed by atoms with Crippen LogP contribution < -0.4 is 10.5 Å². The molecule has 0 aliphatic heterocycles. The van der Waals surface area contributed by atoms with Gasteiger partial charge in [0.15, 0.2) is 0 Å². The first kappa shape index (κ1) is 16.0. The molecule has 1 aromatic rings. The summed E-state index contributed by atoms with van der Waals surface area (Å²) in [5.41, 5.74) is 6.86. The van der Waals surface area contributed by atoms with Gasteiger partial charge < -0.3 is 10.5 Å². The molecule has 2 N–H and O–H groups in total. The summed E-state index contributed by atoms with van der Waals surface area (Å²) in [4.78, 5) is 4.34. The molecule has 3 heteroatoms. The number of hydrogen-bond acceptors (Lipinski definition) is 3. The van der Waals surface area contributed by atoms with Gasteiger partial charge in [-0.05, 0) is 25.0 Å². The first-order chi connectivity index (χ1) is 9.27. The van der Waals surface area contributed by atoms with E-state index in [1.54, 1.807) is 6.20 Å². The van der Waals surface area contributed by atoms with Crippen molar-refractivity contribution in [2.45, 2.75) is 64.8 Å². The molecule has 0 unspecified atom stereocenters. The predicted octanol–water partition coefficient (Wildman–Crippen LogP) is 4.23. The highest BCUT2D eigenvalue weighted by molar-refractivity contribution is 5.21. The predicted molar refractivity (Wildman–Crippen MR) is 80.3 cm³/mol. The number of unbranched alkanes of at least 4 members (excludes halogenated alkanes) is 5. The Morgan fingerprint density at radius 2 is 1.84 bits per heavy atom. The van der Waals surface area contributed by atoms with Gasteiger partial charge in [-0.2, -0.15) is 0 Å². The number of ether oxygens (including phenoxy) is 1. The van der Waals surface area contributed by atoms with E-state index < -0.39 is 0 Å². The van der Waals surface area contributed by atoms with Crippen molar-refractivity contribution in [1.82, 2.24) is 4.98 Å². The Morgan fingerprint density at radius 3 is 2.47 bits per heavy atom. The highest BCUT2D eigenvalue weighted by Crippen LogP contribution is 2.15. The molecule has 0 amide bonds. The van der Waals surface area contributed by atoms with E-state index in [1.807, 2.05) is 12.1 Å². The van der Waals surface area contributed by atoms with Gasteiger partial charge in [-0.15, -0.1) is 0 Å². The number of rotatable bonds is 10. The van der Waals surface area contributed by atoms with Crippen molar-refractivity contribution >= 4 is 0 Å². The molecule has 0 bridgehead atoms. The van der Waals surface area contributed by atoms with Crippen LogP contribution in [-0.2, 0) is 0 Å². The molecule has 1 atom stereocenters. The van der Waals surface area contributed by atoms with Crippen LogP contribution >= 0.6 is 0 Å². The summed E-state index contributed by atoms with van der Waals surface area (Å²) in [6.45, 7) is 5.09. The fraction of sp³-hybridized carbons (Fsp3) is 0.688. The fourth-order valence-electron chi connectivity index (χ4n) is 1.98. The van der Waals surface area contributed by atoms with Crippen molar-refractivity contribution in [2.75, 3.05) is 6.61 Å². The van der Waals surface area contributed by atoms with Gasteiger partial charge in [-0.3, -0.25) is 4.98 Å². The van der Waals surface area contributed by atoms with Crippen LogP contribution in [0.5, 0.6) is 5.75 Å². The van der Waals surface area contributed by atoms with Crippen LogP contribution in [0.2, 0.25) is 0 Å². The smallest absolute Gasteiger partial charge is 0.137 e. The maximum absolute atomic E-state index is 5.92. The molecule has 0 radical (unpaired) electrons. The van der Waals surface area contributed by atoms with Crippen LogP contribution in [0.15, 0.2) is 18.3 Å². The maximum atomic E-state index is 5.92. The third kappa shape index (κ3) is 6.58. The summed E-state index contributed by atoms with van der Waals surface area (Å²) in [7, 11) is 0. The summed E-state index contributed by atoms with van der Waals surface area (Å²) in [6, 6.07) is 3.97. The molecule has 0 spiro atoms. The molecular weight excluding hydrogens is 236 g/mol. The maximum Gasteiger partial charge on any atom is 0.137 e. The van der Waals surface area contributed by atoms with Gasteiger partial charge >= 0.3 is 0 Å². The van der Waals surface area contributed by atoms with E-state index in [0.29, 0.717) is 0 Å². The van der Waals surface area contributed by atoms with Crippen LogP contribution in [0.4, 0.5) is 0 Å². The van der Waals surface area contributed by atoms with Crippen molar-refractivity contribution in [3.8, 4) is 5.75 Å². The Balaban J connectivity index is 2.16. The van der Waals surface area contributed by atoms with E-state index in [4.69, 9.17) is 10.5 Å². The van der Waals surface area contributed by atoms with Crippen LogP contribution in [0.25, 0.3) is 0 Å². The number of aromatic nitrogens is 1. The Kier molecular flexibility index (Phi) is 8.23. The van der Waals surface area contributed by atoms with Gasteiger partial charge in [-0.25, -0.2) is 0 Å². The number of nitrogens with zero attached hydrogens (tertiary/aromatic N) is 1. The summed E-state index contributed by atoms with van der Waals surface area (Å²) >= 11 is 0. The number of pyridine rings is 1. The van der Waals surface area contributed by atoms with E-state index in [-0.39, 0.29) is 6.04 Å². The minimum absolute atomic E-state index is 0.0348. The zero-order chi connectivity index (χ0) is 13.9. The molecule has 0 saturated carbocycles. The highest BCUT2D eigenvalue weighted by Gasteiger charge is 2.04. The zero-order valence-electron chi connectivity index (χ0n) is 12.4. The van der Waals surface area contributed by atoms with Crippen LogP contribution in [-0.4, -0.2) is 11.6 Å². The Labute approximate surface area is 117 Å². The molecule has 0 aliphatic rings. The topological polar surface area (TPSA) is 48.1 Å². The second kappa shape index (κ2) is 9.79. The van der Waals surface area contributed by atoms with Crippen LogP contribution in [0.3, 0.4) is 0 Å². The van der Waals surface area contributed by atoms with E-state index in [9.17, 15) is 0 Å². The molecule has 0 fully saturated rings. The van der Waals surface area contributed by atoms with Gasteiger partial charge in [-0.1, -0.05) is 46.0 Å². The summed E-state index contributed by atoms with van der Waals surface area (Å²) < 4.78 is 5.68. The monoisotopic (exact) mass is 264 g/mol. The van der Waals surface area contributed by atoms with Gasteiger partial charge in [0, 0.05) is 6.04 Å². The number of nitrogens with two attached hydrogens (primary N) is 1. The SMILES string of the molecule is CCCCCCCCOc1ccc([C@@H](N)CC)nc1. The molecular formula is C16H28N2O. The van der Waals surface area contributed by atoms with Crippen molar-refractivity contribution in [3.63, 3.8) is 0 Å². The molecule has 0 aliphatic carbocycles. The average molecular weight is 264 g/mol. The van der Waals surface area contributed by atoms with Crippen molar-refractivity contribution in [1.29, 1.82) is 0 Å². The van der Waals surface area contributed by atoms with Crippen molar-refractivity contribution in [3.05, 3.63) is 24.0 Å². The average Bonchev–Trinajstić information content (AvgIpc) is 2.46. The summed E-state index contributed by atoms with van der Waals surface area (Å²) in [5.74, 6) is 0.848. The third-order valence-electron chi connectivity index (χ3n) is 3.35. The normalized spacial score (nSPS) is 12.4. The lowest BCUT2D eigenvalue weighted by Crippen LogP contribution is -2.10. The second-order valence-electron chi connectivity index (χ2n) is 5.05. The van der Waals surface area contributed by atoms with Gasteiger partial charge in [0.05, 0.1) is 18.5 Å². The van der Waals surface area contributed by atoms with Crippen LogP contribution in [0, 0.1) is 0 Å². The first-order valence-corrected chi connectivity index (χ1v) is 7.62. The summed E-state index contributed by atoms with van der Waals surface area (Å²) in [6.07, 6.45) is 10.4. The van der Waals surface area contributed by atoms with E-state index in [0.717, 1.165) is 30.9 Å². The van der Waals surface area contributed by atoms with Crippen molar-refractivity contribution < 1.29 is 4.74 Å². The van der Waals surface area contributed by atoms with E-state index in [2.05, 4.69) is 18.8 Å². The Morgan fingerprint density at radius 1 is 1.11 bits per heavy atom. The van der Waals surface area contributed by atoms with Gasteiger partial charge in [0.1, 0.15) is 5.75 Å². The molecule has 0 aromatic carbocycles. The lowest BCUT2D eigenvalue weighted by molar-refractivity contribution is 0.303. The highest BCUT2D eigenvalue weighted by atomic mass is 16.5. The minimum atomic E-state index is 0.0348. The Hall–Kier alpha value is -1.09. The van der Waals surface area contributed by atoms with Crippen LogP contribution in [0.1, 0.15) is 70.5 Å². The molecule has 1 aromatic heterocycles. The summed E-state index contributed by atoms with van der Waals surface area (Å²) in [5, 5.41) is 0. The second-order valence-corrected chi connectivity index (χ2v) is 5.05. The lowest BCUT2D eigenvalue weighted by Gasteiger charge is -2.09. The molecule has 19 heavy (non-hydrogen) atoms. The molecule has 1 rings (SSSR count). The van der Waals surface area contributed by atoms with E-state index in [1.165, 1.54) is 32.1 Å². The van der Waals surface area contributed by atoms with E-state index >= 15 is 0 Å². The molecule has 1 heterocycles. The lowest BCUT2D eigenvalue weighted by atomic mass is 10.1. The molecule has 108 valence electrons. The largest absolute Gasteiger partial charge is 0.492 e. The molecule has 3 nitrogen and oxygen atoms in total. The fourth-order valence-corrected chi connectivity index (χ4v) is 1.98. The number of hydrogen-bond donors (Lipinski definition) is 1. The third-order valence-corrected chi connectivity index (χ3v) is 3.35. The van der Waals surface area contributed by atoms with Gasteiger partial charge in [0.2, 0.25) is 0 Å². The molecule has 0 saturated heterocycles. The zero-order valence-corrected chi connectivity index (χ0v) is 12.4.